The van der Waals surface area contributed by atoms with Crippen LogP contribution in [0.15, 0.2) is 24.3 Å². The summed E-state index contributed by atoms with van der Waals surface area (Å²) in [5, 5.41) is 7.19. The van der Waals surface area contributed by atoms with Gasteiger partial charge in [-0.1, -0.05) is 18.6 Å². The van der Waals surface area contributed by atoms with Crippen LogP contribution in [-0.2, 0) is 6.61 Å². The molecule has 1 N–H and O–H groups in total. The lowest BCUT2D eigenvalue weighted by molar-refractivity contribution is 0.221. The first-order valence-corrected chi connectivity index (χ1v) is 9.07. The molecule has 2 aliphatic rings. The number of hydrogen-bond acceptors (Lipinski definition) is 3. The highest BCUT2D eigenvalue weighted by Crippen LogP contribution is 2.52. The van der Waals surface area contributed by atoms with Gasteiger partial charge in [0.1, 0.15) is 6.61 Å². The second-order valence-electron chi connectivity index (χ2n) is 7.11. The summed E-state index contributed by atoms with van der Waals surface area (Å²) >= 11 is 5.44. The van der Waals surface area contributed by atoms with Crippen LogP contribution in [0.5, 0.6) is 5.75 Å². The molecule has 2 aromatic rings. The average Bonchev–Trinajstić information content (AvgIpc) is 3.29. The summed E-state index contributed by atoms with van der Waals surface area (Å²) in [6.07, 6.45) is 5.37. The maximum atomic E-state index is 13.7. The Morgan fingerprint density at radius 3 is 2.92 bits per heavy atom. The number of fused-ring (bicyclic) bond motifs is 2. The van der Waals surface area contributed by atoms with Crippen molar-refractivity contribution in [2.75, 3.05) is 0 Å². The zero-order valence-corrected chi connectivity index (χ0v) is 14.6. The second-order valence-corrected chi connectivity index (χ2v) is 7.50. The van der Waals surface area contributed by atoms with Gasteiger partial charge in [0.05, 0.1) is 0 Å². The molecule has 0 saturated heterocycles. The molecule has 0 aliphatic heterocycles. The summed E-state index contributed by atoms with van der Waals surface area (Å²) in [5.74, 6) is 2.97. The van der Waals surface area contributed by atoms with E-state index in [9.17, 15) is 4.39 Å². The van der Waals surface area contributed by atoms with Gasteiger partial charge < -0.3 is 4.74 Å². The van der Waals surface area contributed by atoms with Gasteiger partial charge in [0, 0.05) is 6.04 Å². The Hall–Kier alpha value is -1.69. The molecule has 0 spiro atoms. The van der Waals surface area contributed by atoms with Crippen molar-refractivity contribution in [2.24, 2.45) is 17.8 Å². The fraction of sp³-hybridized carbons (Fsp3) is 0.556. The minimum atomic E-state index is -0.362. The monoisotopic (exact) mass is 347 g/mol. The summed E-state index contributed by atoms with van der Waals surface area (Å²) in [7, 11) is 0. The zero-order chi connectivity index (χ0) is 16.7. The minimum Gasteiger partial charge on any atom is -0.483 e. The fourth-order valence-corrected chi connectivity index (χ4v) is 4.96. The molecule has 0 radical (unpaired) electrons. The molecule has 1 aromatic carbocycles. The smallest absolute Gasteiger partial charge is 0.195 e. The Kier molecular flexibility index (Phi) is 4.16. The molecule has 4 atom stereocenters. The van der Waals surface area contributed by atoms with Crippen LogP contribution in [-0.4, -0.2) is 14.8 Å². The lowest BCUT2D eigenvalue weighted by Gasteiger charge is -2.29. The molecule has 6 heteroatoms. The molecule has 1 aromatic heterocycles. The lowest BCUT2D eigenvalue weighted by atomic mass is 9.84. The van der Waals surface area contributed by atoms with Gasteiger partial charge in [0.2, 0.25) is 0 Å². The van der Waals surface area contributed by atoms with Gasteiger partial charge in [0.15, 0.2) is 22.2 Å². The molecular formula is C18H22FN3OS. The molecule has 2 aliphatic carbocycles. The molecule has 4 nitrogen and oxygen atoms in total. The van der Waals surface area contributed by atoms with E-state index in [1.54, 1.807) is 18.2 Å². The van der Waals surface area contributed by atoms with Crippen molar-refractivity contribution in [3.05, 3.63) is 40.7 Å². The van der Waals surface area contributed by atoms with Crippen LogP contribution in [0.3, 0.4) is 0 Å². The predicted molar refractivity (Wildman–Crippen MR) is 91.8 cm³/mol. The van der Waals surface area contributed by atoms with E-state index in [0.29, 0.717) is 16.7 Å². The Morgan fingerprint density at radius 2 is 2.21 bits per heavy atom. The van der Waals surface area contributed by atoms with E-state index >= 15 is 0 Å². The molecule has 2 fully saturated rings. The van der Waals surface area contributed by atoms with E-state index < -0.39 is 0 Å². The van der Waals surface area contributed by atoms with E-state index in [-0.39, 0.29) is 18.2 Å². The van der Waals surface area contributed by atoms with Crippen LogP contribution < -0.4 is 4.74 Å². The van der Waals surface area contributed by atoms with Crippen molar-refractivity contribution in [2.45, 2.75) is 45.3 Å². The standard InChI is InChI=1S/C18H22FN3OS/c1-11(14-9-12-6-7-13(14)8-12)22-17(20-21-18(22)24)10-23-16-5-3-2-4-15(16)19/h2-5,11-14H,6-10H2,1H3,(H,21,24)/t11-,12-,13-,14-/m1/s1. The predicted octanol–water partition coefficient (Wildman–Crippen LogP) is 4.66. The van der Waals surface area contributed by atoms with Crippen molar-refractivity contribution < 1.29 is 9.13 Å². The first-order valence-electron chi connectivity index (χ1n) is 8.66. The van der Waals surface area contributed by atoms with Crippen LogP contribution >= 0.6 is 12.2 Å². The molecule has 0 amide bonds. The van der Waals surface area contributed by atoms with E-state index in [2.05, 4.69) is 21.7 Å². The summed E-state index contributed by atoms with van der Waals surface area (Å²) in [6.45, 7) is 2.43. The normalized spacial score (nSPS) is 26.7. The van der Waals surface area contributed by atoms with Gasteiger partial charge >= 0.3 is 0 Å². The first kappa shape index (κ1) is 15.8. The highest BCUT2D eigenvalue weighted by atomic mass is 32.1. The van der Waals surface area contributed by atoms with Crippen molar-refractivity contribution in [3.8, 4) is 5.75 Å². The first-order chi connectivity index (χ1) is 11.6. The van der Waals surface area contributed by atoms with E-state index in [0.717, 1.165) is 17.7 Å². The number of nitrogens with zero attached hydrogens (tertiary/aromatic N) is 2. The van der Waals surface area contributed by atoms with Gasteiger partial charge in [-0.25, -0.2) is 4.39 Å². The average molecular weight is 347 g/mol. The largest absolute Gasteiger partial charge is 0.483 e. The van der Waals surface area contributed by atoms with Gasteiger partial charge in [-0.3, -0.25) is 9.67 Å². The van der Waals surface area contributed by atoms with Gasteiger partial charge in [-0.05, 0) is 68.3 Å². The van der Waals surface area contributed by atoms with Crippen LogP contribution in [0.25, 0.3) is 0 Å². The third kappa shape index (κ3) is 2.77. The van der Waals surface area contributed by atoms with E-state index in [1.807, 2.05) is 0 Å². The van der Waals surface area contributed by atoms with Crippen LogP contribution in [0, 0.1) is 28.3 Å². The number of rotatable bonds is 5. The molecule has 4 rings (SSSR count). The van der Waals surface area contributed by atoms with Crippen molar-refractivity contribution in [1.29, 1.82) is 0 Å². The molecule has 2 bridgehead atoms. The Morgan fingerprint density at radius 1 is 1.38 bits per heavy atom. The van der Waals surface area contributed by atoms with Crippen LogP contribution in [0.1, 0.15) is 44.5 Å². The maximum Gasteiger partial charge on any atom is 0.195 e. The van der Waals surface area contributed by atoms with Crippen molar-refractivity contribution in [1.82, 2.24) is 14.8 Å². The van der Waals surface area contributed by atoms with E-state index in [1.165, 1.54) is 31.7 Å². The van der Waals surface area contributed by atoms with Crippen LogP contribution in [0.4, 0.5) is 4.39 Å². The summed E-state index contributed by atoms with van der Waals surface area (Å²) in [4.78, 5) is 0. The third-order valence-corrected chi connectivity index (χ3v) is 6.08. The number of H-pyrrole nitrogens is 1. The number of hydrogen-bond donors (Lipinski definition) is 1. The summed E-state index contributed by atoms with van der Waals surface area (Å²) < 4.78 is 22.0. The Balaban J connectivity index is 1.53. The molecule has 24 heavy (non-hydrogen) atoms. The number of aromatic amines is 1. The number of ether oxygens (including phenoxy) is 1. The number of aromatic nitrogens is 3. The highest BCUT2D eigenvalue weighted by Gasteiger charge is 2.42. The van der Waals surface area contributed by atoms with Crippen molar-refractivity contribution in [3.63, 3.8) is 0 Å². The maximum absolute atomic E-state index is 13.7. The van der Waals surface area contributed by atoms with E-state index in [4.69, 9.17) is 17.0 Å². The molecule has 1 heterocycles. The lowest BCUT2D eigenvalue weighted by Crippen LogP contribution is -2.24. The topological polar surface area (TPSA) is 42.8 Å². The SMILES string of the molecule is C[C@H]([C@H]1C[C@@H]2CC[C@@H]1C2)n1c(COc2ccccc2F)n[nH]c1=S. The zero-order valence-electron chi connectivity index (χ0n) is 13.7. The van der Waals surface area contributed by atoms with Gasteiger partial charge in [-0.15, -0.1) is 0 Å². The van der Waals surface area contributed by atoms with Crippen molar-refractivity contribution >= 4 is 12.2 Å². The second kappa shape index (κ2) is 6.31. The Labute approximate surface area is 146 Å². The fourth-order valence-electron chi connectivity index (χ4n) is 4.64. The van der Waals surface area contributed by atoms with Gasteiger partial charge in [0.25, 0.3) is 0 Å². The summed E-state index contributed by atoms with van der Waals surface area (Å²) in [5.41, 5.74) is 0. The Bertz CT molecular complexity index is 787. The minimum absolute atomic E-state index is 0.208. The highest BCUT2D eigenvalue weighted by molar-refractivity contribution is 7.71. The third-order valence-electron chi connectivity index (χ3n) is 5.79. The number of nitrogens with one attached hydrogen (secondary N) is 1. The number of halogens is 1. The molecular weight excluding hydrogens is 325 g/mol. The molecule has 128 valence electrons. The number of para-hydroxylation sites is 1. The molecule has 2 saturated carbocycles. The van der Waals surface area contributed by atoms with Gasteiger partial charge in [-0.2, -0.15) is 5.10 Å². The quantitative estimate of drug-likeness (QED) is 0.800. The summed E-state index contributed by atoms with van der Waals surface area (Å²) in [6, 6.07) is 6.72. The molecule has 0 unspecified atom stereocenters. The number of benzene rings is 1. The van der Waals surface area contributed by atoms with Crippen LogP contribution in [0.2, 0.25) is 0 Å².